The number of aromatic nitrogens is 1. The summed E-state index contributed by atoms with van der Waals surface area (Å²) in [5.41, 5.74) is 0.766. The molecule has 226 valence electrons. The summed E-state index contributed by atoms with van der Waals surface area (Å²) < 4.78 is 20.3. The molecule has 1 aromatic rings. The lowest BCUT2D eigenvalue weighted by atomic mass is 9.32. The monoisotopic (exact) mass is 601 g/mol. The first-order valence-corrected chi connectivity index (χ1v) is 19.2. The molecule has 3 saturated carbocycles. The number of rotatable bonds is 2. The van der Waals surface area contributed by atoms with E-state index < -0.39 is 24.6 Å². The maximum absolute atomic E-state index is 13.3. The van der Waals surface area contributed by atoms with E-state index in [9.17, 15) is 9.90 Å². The molecule has 1 aliphatic heterocycles. The molecule has 0 amide bonds. The van der Waals surface area contributed by atoms with Gasteiger partial charge in [0.25, 0.3) is 0 Å². The lowest BCUT2D eigenvalue weighted by Gasteiger charge is -2.73. The van der Waals surface area contributed by atoms with Crippen molar-refractivity contribution in [3.63, 3.8) is 0 Å². The van der Waals surface area contributed by atoms with E-state index >= 15 is 0 Å². The van der Waals surface area contributed by atoms with Crippen LogP contribution >= 0.6 is 16.5 Å². The van der Waals surface area contributed by atoms with Crippen molar-refractivity contribution in [1.82, 2.24) is 5.16 Å². The molecule has 2 heterocycles. The van der Waals surface area contributed by atoms with Crippen LogP contribution in [0.2, 0.25) is 0 Å². The lowest BCUT2D eigenvalue weighted by Crippen LogP contribution is -2.75. The summed E-state index contributed by atoms with van der Waals surface area (Å²) in [6.07, 6.45) is 11.3. The third-order valence-corrected chi connectivity index (χ3v) is 15.6. The molecule has 41 heavy (non-hydrogen) atoms. The van der Waals surface area contributed by atoms with Crippen LogP contribution < -0.4 is 0 Å². The first kappa shape index (κ1) is 28.9. The van der Waals surface area contributed by atoms with Crippen LogP contribution in [0.4, 0.5) is 0 Å². The molecule has 1 saturated heterocycles. The normalized spacial score (nSPS) is 49.7. The Kier molecular flexibility index (Phi) is 5.98. The number of ether oxygens (including phenoxy) is 2. The number of nitrogens with zero attached hydrogens (tertiary/aromatic N) is 1. The van der Waals surface area contributed by atoms with E-state index in [1.54, 1.807) is 0 Å². The van der Waals surface area contributed by atoms with E-state index in [1.165, 1.54) is 11.1 Å². The quantitative estimate of drug-likeness (QED) is 0.274. The van der Waals surface area contributed by atoms with Crippen LogP contribution in [0.3, 0.4) is 0 Å². The molecule has 8 heteroatoms. The van der Waals surface area contributed by atoms with Gasteiger partial charge in [0.05, 0.1) is 11.6 Å². The van der Waals surface area contributed by atoms with E-state index in [-0.39, 0.29) is 45.1 Å². The summed E-state index contributed by atoms with van der Waals surface area (Å²) in [5, 5.41) is 15.2. The van der Waals surface area contributed by atoms with Gasteiger partial charge in [0.1, 0.15) is 17.5 Å². The smallest absolute Gasteiger partial charge is 0.310 e. The van der Waals surface area contributed by atoms with Gasteiger partial charge in [0, 0.05) is 22.3 Å². The number of fused-ring (bicyclic) bond motifs is 6. The highest BCUT2D eigenvalue weighted by Gasteiger charge is 2.80. The molecule has 1 spiro atoms. The second-order valence-electron chi connectivity index (χ2n) is 16.7. The standard InChI is InChI=1S/C33H49NO5P2/c1-27(2)11-13-32(25(35)36)14-12-31(7)30(6)10-9-20-28(3,4)24-19(18-34-39-24)16-29(20,5)21(30)15-23-33(31,22(32)17-27)38-26(37-23)41(8)40/h15,18,20,22-23,26H,9-14,16-17,40H2,1-8H3,(H,35,36)/t20-,22+,23+,26?,29-,30+,31-,32-,33+,41?/m0/s1. The Morgan fingerprint density at radius 3 is 2.44 bits per heavy atom. The summed E-state index contributed by atoms with van der Waals surface area (Å²) in [7, 11) is 2.35. The highest BCUT2D eigenvalue weighted by molar-refractivity contribution is 8.13. The van der Waals surface area contributed by atoms with Crippen molar-refractivity contribution in [2.24, 2.45) is 38.9 Å². The van der Waals surface area contributed by atoms with Crippen molar-refractivity contribution in [3.8, 4) is 0 Å². The van der Waals surface area contributed by atoms with Gasteiger partial charge in [-0.2, -0.15) is 0 Å². The van der Waals surface area contributed by atoms with Gasteiger partial charge in [-0.05, 0) is 87.8 Å². The van der Waals surface area contributed by atoms with Gasteiger partial charge in [-0.15, -0.1) is 8.93 Å². The fourth-order valence-electron chi connectivity index (χ4n) is 11.8. The molecule has 7 rings (SSSR count). The molecular formula is C33H49NO5P2. The van der Waals surface area contributed by atoms with Crippen LogP contribution in [0.25, 0.3) is 0 Å². The van der Waals surface area contributed by atoms with Crippen molar-refractivity contribution in [1.29, 1.82) is 0 Å². The number of allylic oxidation sites excluding steroid dienone is 1. The molecule has 11 atom stereocenters. The summed E-state index contributed by atoms with van der Waals surface area (Å²) in [6.45, 7) is 19.0. The molecule has 0 bridgehead atoms. The number of carboxylic acid groups (broad SMARTS) is 1. The molecule has 6 nitrogen and oxygen atoms in total. The molecule has 3 unspecified atom stereocenters. The van der Waals surface area contributed by atoms with Crippen LogP contribution in [0.5, 0.6) is 0 Å². The Bertz CT molecular complexity index is 1340. The molecule has 5 aliphatic carbocycles. The average molecular weight is 602 g/mol. The Hall–Kier alpha value is -0.800. The zero-order valence-electron chi connectivity index (χ0n) is 26.2. The Balaban J connectivity index is 1.47. The van der Waals surface area contributed by atoms with E-state index in [1.807, 2.05) is 6.20 Å². The molecule has 1 aromatic heterocycles. The zero-order valence-corrected chi connectivity index (χ0v) is 28.2. The highest BCUT2D eigenvalue weighted by atomic mass is 32.0. The van der Waals surface area contributed by atoms with Crippen LogP contribution in [0.1, 0.15) is 105 Å². The zero-order chi connectivity index (χ0) is 29.6. The number of carboxylic acids is 1. The average Bonchev–Trinajstić information content (AvgIpc) is 3.50. The molecule has 0 radical (unpaired) electrons. The van der Waals surface area contributed by atoms with E-state index in [0.29, 0.717) is 12.3 Å². The topological polar surface area (TPSA) is 81.8 Å². The molecule has 1 N–H and O–H groups in total. The number of hydrogen-bond acceptors (Lipinski definition) is 5. The number of carbonyl (C=O) groups is 1. The summed E-state index contributed by atoms with van der Waals surface area (Å²) in [4.78, 5) is 13.3. The second-order valence-corrected chi connectivity index (χ2v) is 20.9. The summed E-state index contributed by atoms with van der Waals surface area (Å²) in [6, 6.07) is -0.314. The van der Waals surface area contributed by atoms with Crippen molar-refractivity contribution in [3.05, 3.63) is 29.2 Å². The van der Waals surface area contributed by atoms with Crippen LogP contribution in [0, 0.1) is 38.9 Å². The summed E-state index contributed by atoms with van der Waals surface area (Å²) >= 11 is 0. The van der Waals surface area contributed by atoms with Gasteiger partial charge < -0.3 is 19.1 Å². The largest absolute Gasteiger partial charge is 0.481 e. The molecule has 6 aliphatic rings. The highest BCUT2D eigenvalue weighted by Crippen LogP contribution is 2.79. The van der Waals surface area contributed by atoms with Crippen molar-refractivity contribution >= 4 is 22.5 Å². The predicted molar refractivity (Wildman–Crippen MR) is 164 cm³/mol. The van der Waals surface area contributed by atoms with E-state index in [2.05, 4.69) is 75.3 Å². The Labute approximate surface area is 249 Å². The van der Waals surface area contributed by atoms with E-state index in [4.69, 9.17) is 14.0 Å². The first-order chi connectivity index (χ1) is 19.0. The van der Waals surface area contributed by atoms with Crippen LogP contribution in [-0.4, -0.2) is 40.6 Å². The van der Waals surface area contributed by atoms with Crippen LogP contribution in [-0.2, 0) is 26.1 Å². The van der Waals surface area contributed by atoms with E-state index in [0.717, 1.165) is 50.7 Å². The number of aliphatic carboxylic acids is 1. The Morgan fingerprint density at radius 2 is 1.76 bits per heavy atom. The maximum Gasteiger partial charge on any atom is 0.310 e. The molecule has 4 fully saturated rings. The van der Waals surface area contributed by atoms with Crippen LogP contribution in [0.15, 0.2) is 22.4 Å². The minimum Gasteiger partial charge on any atom is -0.481 e. The van der Waals surface area contributed by atoms with Crippen molar-refractivity contribution in [2.45, 2.75) is 123 Å². The first-order valence-electron chi connectivity index (χ1n) is 15.7. The minimum atomic E-state index is -0.768. The third kappa shape index (κ3) is 3.30. The third-order valence-electron chi connectivity index (χ3n) is 14.0. The second kappa shape index (κ2) is 8.47. The van der Waals surface area contributed by atoms with Gasteiger partial charge >= 0.3 is 5.97 Å². The van der Waals surface area contributed by atoms with Crippen molar-refractivity contribution in [2.75, 3.05) is 6.66 Å². The number of hydrogen-bond donors (Lipinski definition) is 1. The fourth-order valence-corrected chi connectivity index (χ4v) is 12.8. The van der Waals surface area contributed by atoms with Gasteiger partial charge in [-0.25, -0.2) is 0 Å². The minimum absolute atomic E-state index is 0.0626. The molecule has 0 aromatic carbocycles. The maximum atomic E-state index is 13.3. The van der Waals surface area contributed by atoms with Gasteiger partial charge in [-0.1, -0.05) is 65.3 Å². The predicted octanol–water partition coefficient (Wildman–Crippen LogP) is 7.91. The molecular weight excluding hydrogens is 552 g/mol. The lowest BCUT2D eigenvalue weighted by molar-refractivity contribution is -0.267. The van der Waals surface area contributed by atoms with Gasteiger partial charge in [-0.3, -0.25) is 4.79 Å². The Morgan fingerprint density at radius 1 is 1.05 bits per heavy atom. The van der Waals surface area contributed by atoms with Gasteiger partial charge in [0.2, 0.25) is 0 Å². The summed E-state index contributed by atoms with van der Waals surface area (Å²) in [5.74, 6) is 0.741. The SMILES string of the molecule is CP(P)C1O[C@@H]2C=C3[C@@]4(C)Cc5cnoc5C(C)(C)[C@@H]4CC[C@@]3(C)[C@]3(C)CC[C@@]4(C(=O)O)CCC(C)(C)C[C@H]4[C@@]23O1. The van der Waals surface area contributed by atoms with Gasteiger partial charge in [0.15, 0.2) is 6.03 Å². The van der Waals surface area contributed by atoms with Crippen molar-refractivity contribution < 1.29 is 23.9 Å². The fraction of sp³-hybridized carbons (Fsp3) is 0.818.